The Morgan fingerprint density at radius 1 is 1.35 bits per heavy atom. The fourth-order valence-corrected chi connectivity index (χ4v) is 3.44. The molecule has 0 saturated carbocycles. The highest BCUT2D eigenvalue weighted by molar-refractivity contribution is 7.18. The summed E-state index contributed by atoms with van der Waals surface area (Å²) in [6.07, 6.45) is 4.45. The van der Waals surface area contributed by atoms with Crippen LogP contribution in [0.1, 0.15) is 30.7 Å². The van der Waals surface area contributed by atoms with Crippen molar-refractivity contribution in [2.75, 3.05) is 6.54 Å². The molecule has 1 unspecified atom stereocenters. The largest absolute Gasteiger partial charge is 0.348 e. The van der Waals surface area contributed by atoms with E-state index in [9.17, 15) is 4.79 Å². The van der Waals surface area contributed by atoms with E-state index in [1.807, 2.05) is 18.2 Å². The summed E-state index contributed by atoms with van der Waals surface area (Å²) in [5.74, 6) is 0.103. The molecule has 2 heterocycles. The zero-order valence-corrected chi connectivity index (χ0v) is 12.2. The molecule has 2 N–H and O–H groups in total. The SMILES string of the molecule is O=C(NCc1nc2ccccc2s1)C1CCCCCN1. The second-order valence-electron chi connectivity index (χ2n) is 5.15. The molecule has 3 rings (SSSR count). The number of rotatable bonds is 3. The van der Waals surface area contributed by atoms with E-state index in [0.717, 1.165) is 29.9 Å². The van der Waals surface area contributed by atoms with Gasteiger partial charge < -0.3 is 10.6 Å². The standard InChI is InChI=1S/C15H19N3OS/c19-15(12-7-2-1-5-9-16-12)17-10-14-18-11-6-3-4-8-13(11)20-14/h3-4,6,8,12,16H,1-2,5,7,9-10H2,(H,17,19). The first kappa shape index (κ1) is 13.5. The summed E-state index contributed by atoms with van der Waals surface area (Å²) in [5.41, 5.74) is 1.01. The van der Waals surface area contributed by atoms with Gasteiger partial charge in [0.1, 0.15) is 5.01 Å². The van der Waals surface area contributed by atoms with Gasteiger partial charge in [0.2, 0.25) is 5.91 Å². The zero-order chi connectivity index (χ0) is 13.8. The molecule has 1 aliphatic heterocycles. The Labute approximate surface area is 122 Å². The van der Waals surface area contributed by atoms with Crippen LogP contribution >= 0.6 is 11.3 Å². The lowest BCUT2D eigenvalue weighted by molar-refractivity contribution is -0.123. The molecule has 2 aromatic rings. The molecule has 5 heteroatoms. The summed E-state index contributed by atoms with van der Waals surface area (Å²) in [6, 6.07) is 8.03. The van der Waals surface area contributed by atoms with Crippen LogP contribution in [0.25, 0.3) is 10.2 Å². The van der Waals surface area contributed by atoms with Crippen LogP contribution in [-0.2, 0) is 11.3 Å². The van der Waals surface area contributed by atoms with Crippen LogP contribution in [0.15, 0.2) is 24.3 Å². The Balaban J connectivity index is 1.59. The van der Waals surface area contributed by atoms with Crippen LogP contribution in [0.3, 0.4) is 0 Å². The van der Waals surface area contributed by atoms with E-state index in [0.29, 0.717) is 6.54 Å². The predicted octanol–water partition coefficient (Wildman–Crippen LogP) is 2.44. The number of benzene rings is 1. The van der Waals surface area contributed by atoms with Crippen LogP contribution in [0.5, 0.6) is 0 Å². The van der Waals surface area contributed by atoms with Gasteiger partial charge in [-0.15, -0.1) is 11.3 Å². The smallest absolute Gasteiger partial charge is 0.237 e. The van der Waals surface area contributed by atoms with Crippen molar-refractivity contribution in [3.8, 4) is 0 Å². The van der Waals surface area contributed by atoms with Crippen LogP contribution in [0, 0.1) is 0 Å². The molecule has 1 aromatic heterocycles. The highest BCUT2D eigenvalue weighted by Crippen LogP contribution is 2.21. The molecular formula is C15H19N3OS. The van der Waals surface area contributed by atoms with E-state index in [4.69, 9.17) is 0 Å². The number of nitrogens with zero attached hydrogens (tertiary/aromatic N) is 1. The lowest BCUT2D eigenvalue weighted by atomic mass is 10.1. The number of hydrogen-bond acceptors (Lipinski definition) is 4. The average Bonchev–Trinajstić information content (AvgIpc) is 2.69. The number of aromatic nitrogens is 1. The Morgan fingerprint density at radius 3 is 3.15 bits per heavy atom. The maximum absolute atomic E-state index is 12.1. The summed E-state index contributed by atoms with van der Waals surface area (Å²) in [7, 11) is 0. The maximum Gasteiger partial charge on any atom is 0.237 e. The summed E-state index contributed by atoms with van der Waals surface area (Å²) in [5, 5.41) is 7.28. The average molecular weight is 289 g/mol. The molecule has 1 aliphatic rings. The van der Waals surface area contributed by atoms with Gasteiger partial charge in [-0.3, -0.25) is 4.79 Å². The lowest BCUT2D eigenvalue weighted by Crippen LogP contribution is -2.43. The number of amides is 1. The molecule has 1 saturated heterocycles. The second kappa shape index (κ2) is 6.33. The number of hydrogen-bond donors (Lipinski definition) is 2. The normalized spacial score (nSPS) is 19.7. The Morgan fingerprint density at radius 2 is 2.25 bits per heavy atom. The van der Waals surface area contributed by atoms with Gasteiger partial charge in [-0.05, 0) is 31.5 Å². The van der Waals surface area contributed by atoms with Crippen molar-refractivity contribution in [1.82, 2.24) is 15.6 Å². The quantitative estimate of drug-likeness (QED) is 0.912. The van der Waals surface area contributed by atoms with Crippen molar-refractivity contribution in [2.24, 2.45) is 0 Å². The van der Waals surface area contributed by atoms with Crippen molar-refractivity contribution < 1.29 is 4.79 Å². The van der Waals surface area contributed by atoms with Crippen molar-refractivity contribution >= 4 is 27.5 Å². The fourth-order valence-electron chi connectivity index (χ4n) is 2.53. The van der Waals surface area contributed by atoms with Gasteiger partial charge in [0.05, 0.1) is 22.8 Å². The highest BCUT2D eigenvalue weighted by Gasteiger charge is 2.19. The Kier molecular flexibility index (Phi) is 4.28. The minimum atomic E-state index is -0.0353. The first-order valence-corrected chi connectivity index (χ1v) is 8.00. The van der Waals surface area contributed by atoms with E-state index in [-0.39, 0.29) is 11.9 Å². The summed E-state index contributed by atoms with van der Waals surface area (Å²) < 4.78 is 1.17. The molecule has 0 spiro atoms. The number of carbonyl (C=O) groups is 1. The number of nitrogens with one attached hydrogen (secondary N) is 2. The van der Waals surface area contributed by atoms with Crippen LogP contribution in [0.2, 0.25) is 0 Å². The monoisotopic (exact) mass is 289 g/mol. The van der Waals surface area contributed by atoms with Gasteiger partial charge in [0.15, 0.2) is 0 Å². The predicted molar refractivity (Wildman–Crippen MR) is 81.7 cm³/mol. The van der Waals surface area contributed by atoms with Crippen molar-refractivity contribution in [1.29, 1.82) is 0 Å². The number of thiazole rings is 1. The molecule has 106 valence electrons. The molecule has 1 aromatic carbocycles. The lowest BCUT2D eigenvalue weighted by Gasteiger charge is -2.14. The second-order valence-corrected chi connectivity index (χ2v) is 6.26. The van der Waals surface area contributed by atoms with E-state index >= 15 is 0 Å². The third-order valence-corrected chi connectivity index (χ3v) is 4.67. The van der Waals surface area contributed by atoms with E-state index < -0.39 is 0 Å². The van der Waals surface area contributed by atoms with Gasteiger partial charge in [-0.2, -0.15) is 0 Å². The summed E-state index contributed by atoms with van der Waals surface area (Å²) >= 11 is 1.64. The van der Waals surface area contributed by atoms with E-state index in [1.54, 1.807) is 11.3 Å². The van der Waals surface area contributed by atoms with Crippen molar-refractivity contribution in [3.63, 3.8) is 0 Å². The van der Waals surface area contributed by atoms with Crippen LogP contribution in [-0.4, -0.2) is 23.5 Å². The van der Waals surface area contributed by atoms with Gasteiger partial charge in [0.25, 0.3) is 0 Å². The molecule has 20 heavy (non-hydrogen) atoms. The van der Waals surface area contributed by atoms with E-state index in [2.05, 4.69) is 21.7 Å². The van der Waals surface area contributed by atoms with Gasteiger partial charge >= 0.3 is 0 Å². The first-order chi connectivity index (χ1) is 9.83. The molecule has 1 fully saturated rings. The topological polar surface area (TPSA) is 54.0 Å². The Hall–Kier alpha value is -1.46. The number of fused-ring (bicyclic) bond motifs is 1. The fraction of sp³-hybridized carbons (Fsp3) is 0.467. The third-order valence-electron chi connectivity index (χ3n) is 3.63. The molecule has 0 bridgehead atoms. The Bertz CT molecular complexity index is 555. The van der Waals surface area contributed by atoms with Gasteiger partial charge in [0, 0.05) is 0 Å². The van der Waals surface area contributed by atoms with Crippen molar-refractivity contribution in [2.45, 2.75) is 38.3 Å². The van der Waals surface area contributed by atoms with E-state index in [1.165, 1.54) is 17.5 Å². The first-order valence-electron chi connectivity index (χ1n) is 7.18. The minimum Gasteiger partial charge on any atom is -0.348 e. The highest BCUT2D eigenvalue weighted by atomic mass is 32.1. The maximum atomic E-state index is 12.1. The molecular weight excluding hydrogens is 270 g/mol. The van der Waals surface area contributed by atoms with Crippen molar-refractivity contribution in [3.05, 3.63) is 29.3 Å². The zero-order valence-electron chi connectivity index (χ0n) is 11.4. The molecule has 0 radical (unpaired) electrons. The molecule has 0 aliphatic carbocycles. The summed E-state index contributed by atoms with van der Waals surface area (Å²) in [4.78, 5) is 16.7. The third kappa shape index (κ3) is 3.16. The van der Waals surface area contributed by atoms with Gasteiger partial charge in [-0.25, -0.2) is 4.98 Å². The number of para-hydroxylation sites is 1. The molecule has 1 atom stereocenters. The molecule has 1 amide bonds. The number of carbonyl (C=O) groups excluding carboxylic acids is 1. The minimum absolute atomic E-state index is 0.0353. The van der Waals surface area contributed by atoms with Crippen LogP contribution in [0.4, 0.5) is 0 Å². The van der Waals surface area contributed by atoms with Gasteiger partial charge in [-0.1, -0.05) is 25.0 Å². The summed E-state index contributed by atoms with van der Waals surface area (Å²) in [6.45, 7) is 1.47. The molecule has 4 nitrogen and oxygen atoms in total. The van der Waals surface area contributed by atoms with Crippen LogP contribution < -0.4 is 10.6 Å².